The quantitative estimate of drug-likeness (QED) is 0.863. The van der Waals surface area contributed by atoms with Gasteiger partial charge in [-0.15, -0.1) is 0 Å². The van der Waals surface area contributed by atoms with E-state index in [1.165, 1.54) is 19.2 Å². The molecule has 0 saturated heterocycles. The molecule has 6 nitrogen and oxygen atoms in total. The minimum Gasteiger partial charge on any atom is -0.483 e. The van der Waals surface area contributed by atoms with Crippen LogP contribution in [0.15, 0.2) is 41.3 Å². The minimum absolute atomic E-state index is 0.0281. The van der Waals surface area contributed by atoms with E-state index in [1.807, 2.05) is 0 Å². The van der Waals surface area contributed by atoms with Gasteiger partial charge < -0.3 is 10.1 Å². The predicted molar refractivity (Wildman–Crippen MR) is 74.9 cm³/mol. The van der Waals surface area contributed by atoms with Crippen molar-refractivity contribution in [1.82, 2.24) is 5.32 Å². The van der Waals surface area contributed by atoms with Crippen LogP contribution in [0.25, 0.3) is 10.8 Å². The van der Waals surface area contributed by atoms with E-state index >= 15 is 0 Å². The average molecular weight is 294 g/mol. The van der Waals surface area contributed by atoms with Gasteiger partial charge in [0.2, 0.25) is 10.0 Å². The molecule has 0 unspecified atom stereocenters. The molecule has 2 rings (SSSR count). The predicted octanol–water partition coefficient (Wildman–Crippen LogP) is 0.612. The Morgan fingerprint density at radius 2 is 1.85 bits per heavy atom. The van der Waals surface area contributed by atoms with Crippen molar-refractivity contribution in [2.75, 3.05) is 13.7 Å². The number of likely N-dealkylation sites (N-methyl/N-ethyl adjacent to an activating group) is 1. The Bertz CT molecular complexity index is 756. The van der Waals surface area contributed by atoms with Gasteiger partial charge in [0.15, 0.2) is 6.61 Å². The maximum Gasteiger partial charge on any atom is 0.257 e. The van der Waals surface area contributed by atoms with E-state index in [4.69, 9.17) is 9.88 Å². The van der Waals surface area contributed by atoms with Crippen molar-refractivity contribution in [1.29, 1.82) is 0 Å². The van der Waals surface area contributed by atoms with Crippen LogP contribution in [-0.2, 0) is 14.8 Å². The van der Waals surface area contributed by atoms with Crippen LogP contribution >= 0.6 is 0 Å². The standard InChI is InChI=1S/C13H14N2O4S/c1-15-13(16)8-19-11-6-7-12(20(14,17)18)10-5-3-2-4-9(10)11/h2-7H,8H2,1H3,(H,15,16)(H2,14,17,18). The summed E-state index contributed by atoms with van der Waals surface area (Å²) in [5, 5.41) is 8.67. The van der Waals surface area contributed by atoms with Gasteiger partial charge in [0.05, 0.1) is 4.90 Å². The molecule has 0 aliphatic carbocycles. The number of amides is 1. The molecule has 0 spiro atoms. The van der Waals surface area contributed by atoms with Gasteiger partial charge in [0.25, 0.3) is 5.91 Å². The molecule has 0 aromatic heterocycles. The minimum atomic E-state index is -3.82. The molecular formula is C13H14N2O4S. The van der Waals surface area contributed by atoms with E-state index in [0.29, 0.717) is 16.5 Å². The van der Waals surface area contributed by atoms with Crippen molar-refractivity contribution in [3.8, 4) is 5.75 Å². The number of carbonyl (C=O) groups is 1. The molecular weight excluding hydrogens is 280 g/mol. The first-order valence-electron chi connectivity index (χ1n) is 5.81. The first kappa shape index (κ1) is 14.3. The van der Waals surface area contributed by atoms with Crippen molar-refractivity contribution in [3.63, 3.8) is 0 Å². The van der Waals surface area contributed by atoms with E-state index < -0.39 is 10.0 Å². The van der Waals surface area contributed by atoms with E-state index in [0.717, 1.165) is 0 Å². The SMILES string of the molecule is CNC(=O)COc1ccc(S(N)(=O)=O)c2ccccc12. The zero-order chi connectivity index (χ0) is 14.8. The normalized spacial score (nSPS) is 11.3. The van der Waals surface area contributed by atoms with Crippen molar-refractivity contribution in [2.24, 2.45) is 5.14 Å². The molecule has 0 atom stereocenters. The van der Waals surface area contributed by atoms with Gasteiger partial charge in [-0.25, -0.2) is 13.6 Å². The lowest BCUT2D eigenvalue weighted by molar-refractivity contribution is -0.122. The highest BCUT2D eigenvalue weighted by Gasteiger charge is 2.15. The third kappa shape index (κ3) is 2.89. The van der Waals surface area contributed by atoms with E-state index in [1.54, 1.807) is 24.3 Å². The topological polar surface area (TPSA) is 98.5 Å². The van der Waals surface area contributed by atoms with Gasteiger partial charge in [-0.3, -0.25) is 4.79 Å². The molecule has 0 aliphatic rings. The number of ether oxygens (including phenoxy) is 1. The van der Waals surface area contributed by atoms with E-state index in [2.05, 4.69) is 5.32 Å². The van der Waals surface area contributed by atoms with Gasteiger partial charge in [0.1, 0.15) is 5.75 Å². The molecule has 2 aromatic rings. The Labute approximate surface area is 116 Å². The molecule has 7 heteroatoms. The lowest BCUT2D eigenvalue weighted by Gasteiger charge is -2.11. The fourth-order valence-corrected chi connectivity index (χ4v) is 2.58. The average Bonchev–Trinajstić information content (AvgIpc) is 2.43. The summed E-state index contributed by atoms with van der Waals surface area (Å²) in [6, 6.07) is 9.68. The molecule has 0 bridgehead atoms. The molecule has 20 heavy (non-hydrogen) atoms. The lowest BCUT2D eigenvalue weighted by Crippen LogP contribution is -2.24. The largest absolute Gasteiger partial charge is 0.483 e. The summed E-state index contributed by atoms with van der Waals surface area (Å²) in [5.41, 5.74) is 0. The third-order valence-corrected chi connectivity index (χ3v) is 3.76. The summed E-state index contributed by atoms with van der Waals surface area (Å²) >= 11 is 0. The Kier molecular flexibility index (Phi) is 3.91. The Morgan fingerprint density at radius 3 is 2.45 bits per heavy atom. The van der Waals surface area contributed by atoms with Crippen LogP contribution < -0.4 is 15.2 Å². The van der Waals surface area contributed by atoms with Crippen LogP contribution in [0.3, 0.4) is 0 Å². The van der Waals surface area contributed by atoms with E-state index in [9.17, 15) is 13.2 Å². The van der Waals surface area contributed by atoms with Crippen LogP contribution in [0.5, 0.6) is 5.75 Å². The van der Waals surface area contributed by atoms with Crippen molar-refractivity contribution in [3.05, 3.63) is 36.4 Å². The number of nitrogens with two attached hydrogens (primary N) is 1. The highest BCUT2D eigenvalue weighted by Crippen LogP contribution is 2.30. The number of fused-ring (bicyclic) bond motifs is 1. The number of primary sulfonamides is 1. The smallest absolute Gasteiger partial charge is 0.257 e. The van der Waals surface area contributed by atoms with Crippen LogP contribution in [-0.4, -0.2) is 28.0 Å². The number of nitrogens with one attached hydrogen (secondary N) is 1. The highest BCUT2D eigenvalue weighted by atomic mass is 32.2. The van der Waals surface area contributed by atoms with Crippen LogP contribution in [0.2, 0.25) is 0 Å². The molecule has 0 radical (unpaired) electrons. The molecule has 3 N–H and O–H groups in total. The highest BCUT2D eigenvalue weighted by molar-refractivity contribution is 7.89. The van der Waals surface area contributed by atoms with Gasteiger partial charge >= 0.3 is 0 Å². The van der Waals surface area contributed by atoms with Gasteiger partial charge in [0, 0.05) is 17.8 Å². The van der Waals surface area contributed by atoms with Crippen molar-refractivity contribution in [2.45, 2.75) is 4.90 Å². The fraction of sp³-hybridized carbons (Fsp3) is 0.154. The molecule has 0 fully saturated rings. The summed E-state index contributed by atoms with van der Waals surface area (Å²) < 4.78 is 28.5. The van der Waals surface area contributed by atoms with Gasteiger partial charge in [-0.2, -0.15) is 0 Å². The summed E-state index contributed by atoms with van der Waals surface area (Å²) in [6.45, 7) is -0.144. The van der Waals surface area contributed by atoms with Gasteiger partial charge in [-0.05, 0) is 12.1 Å². The zero-order valence-electron chi connectivity index (χ0n) is 10.8. The van der Waals surface area contributed by atoms with Crippen LogP contribution in [0.1, 0.15) is 0 Å². The van der Waals surface area contributed by atoms with E-state index in [-0.39, 0.29) is 17.4 Å². The van der Waals surface area contributed by atoms with Gasteiger partial charge in [-0.1, -0.05) is 24.3 Å². The number of carbonyl (C=O) groups excluding carboxylic acids is 1. The molecule has 106 valence electrons. The maximum atomic E-state index is 11.5. The molecule has 1 amide bonds. The maximum absolute atomic E-state index is 11.5. The number of hydrogen-bond acceptors (Lipinski definition) is 4. The third-order valence-electron chi connectivity index (χ3n) is 2.79. The summed E-state index contributed by atoms with van der Waals surface area (Å²) in [6.07, 6.45) is 0. The Hall–Kier alpha value is -2.12. The van der Waals surface area contributed by atoms with Crippen molar-refractivity contribution < 1.29 is 17.9 Å². The molecule has 0 heterocycles. The second-order valence-electron chi connectivity index (χ2n) is 4.11. The van der Waals surface area contributed by atoms with Crippen molar-refractivity contribution >= 4 is 26.7 Å². The number of rotatable bonds is 4. The summed E-state index contributed by atoms with van der Waals surface area (Å²) in [7, 11) is -2.31. The molecule has 0 saturated carbocycles. The molecule has 0 aliphatic heterocycles. The summed E-state index contributed by atoms with van der Waals surface area (Å²) in [4.78, 5) is 11.2. The number of hydrogen-bond donors (Lipinski definition) is 2. The first-order chi connectivity index (χ1) is 9.43. The monoisotopic (exact) mass is 294 g/mol. The lowest BCUT2D eigenvalue weighted by atomic mass is 10.1. The zero-order valence-corrected chi connectivity index (χ0v) is 11.6. The van der Waals surface area contributed by atoms with Crippen LogP contribution in [0, 0.1) is 0 Å². The molecule has 2 aromatic carbocycles. The number of sulfonamides is 1. The van der Waals surface area contributed by atoms with Crippen LogP contribution in [0.4, 0.5) is 0 Å². The second-order valence-corrected chi connectivity index (χ2v) is 5.64. The fourth-order valence-electron chi connectivity index (χ4n) is 1.83. The number of benzene rings is 2. The summed E-state index contributed by atoms with van der Waals surface area (Å²) in [5.74, 6) is 0.154. The Balaban J connectivity index is 2.52. The first-order valence-corrected chi connectivity index (χ1v) is 7.36. The second kappa shape index (κ2) is 5.48. The Morgan fingerprint density at radius 1 is 1.20 bits per heavy atom.